The zero-order valence-electron chi connectivity index (χ0n) is 17.1. The second-order valence-electron chi connectivity index (χ2n) is 6.82. The lowest BCUT2D eigenvalue weighted by Gasteiger charge is -2.12. The molecule has 0 saturated carbocycles. The minimum atomic E-state index is -4.01. The first-order valence-electron chi connectivity index (χ1n) is 9.76. The highest BCUT2D eigenvalue weighted by atomic mass is 79.9. The van der Waals surface area contributed by atoms with Crippen LogP contribution in [0.5, 0.6) is 17.2 Å². The molecule has 4 aromatic rings. The van der Waals surface area contributed by atoms with Crippen molar-refractivity contribution >= 4 is 53.9 Å². The molecule has 0 saturated heterocycles. The summed E-state index contributed by atoms with van der Waals surface area (Å²) in [7, 11) is -4.01. The molecule has 0 aliphatic rings. The maximum absolute atomic E-state index is 12.7. The van der Waals surface area contributed by atoms with E-state index in [0.717, 1.165) is 10.2 Å². The van der Waals surface area contributed by atoms with Crippen LogP contribution in [-0.4, -0.2) is 14.6 Å². The van der Waals surface area contributed by atoms with E-state index in [0.29, 0.717) is 21.5 Å². The molecule has 0 radical (unpaired) electrons. The van der Waals surface area contributed by atoms with Crippen LogP contribution in [-0.2, 0) is 10.1 Å². The lowest BCUT2D eigenvalue weighted by molar-refractivity contribution is 0.482. The van der Waals surface area contributed by atoms with Crippen LogP contribution in [0.4, 0.5) is 5.69 Å². The number of ether oxygens (including phenoxy) is 1. The van der Waals surface area contributed by atoms with Gasteiger partial charge in [-0.2, -0.15) is 8.42 Å². The molecule has 0 unspecified atom stereocenters. The number of nitrogens with zero attached hydrogens (tertiary/aromatic N) is 1. The van der Waals surface area contributed by atoms with Gasteiger partial charge in [-0.15, -0.1) is 0 Å². The van der Waals surface area contributed by atoms with Crippen LogP contribution in [0.2, 0.25) is 0 Å². The van der Waals surface area contributed by atoms with E-state index in [-0.39, 0.29) is 10.6 Å². The molecule has 0 heterocycles. The zero-order chi connectivity index (χ0) is 23.3. The van der Waals surface area contributed by atoms with Gasteiger partial charge in [0.1, 0.15) is 16.4 Å². The molecule has 33 heavy (non-hydrogen) atoms. The predicted molar refractivity (Wildman–Crippen MR) is 136 cm³/mol. The summed E-state index contributed by atoms with van der Waals surface area (Å²) in [6.07, 6.45) is 1.55. The van der Waals surface area contributed by atoms with Gasteiger partial charge in [-0.25, -0.2) is 0 Å². The minimum Gasteiger partial charge on any atom is -0.457 e. The maximum Gasteiger partial charge on any atom is 0.339 e. The summed E-state index contributed by atoms with van der Waals surface area (Å²) in [5.41, 5.74) is 1.16. The van der Waals surface area contributed by atoms with Crippen molar-refractivity contribution in [1.29, 1.82) is 0 Å². The zero-order valence-corrected chi connectivity index (χ0v) is 21.0. The molecule has 0 amide bonds. The van der Waals surface area contributed by atoms with Crippen molar-refractivity contribution in [1.82, 2.24) is 0 Å². The van der Waals surface area contributed by atoms with Gasteiger partial charge in [0.25, 0.3) is 0 Å². The van der Waals surface area contributed by atoms with Crippen LogP contribution in [0, 0.1) is 0 Å². The van der Waals surface area contributed by atoms with E-state index < -0.39 is 10.1 Å². The molecule has 0 spiro atoms. The molecular weight excluding hydrogens is 570 g/mol. The topological polar surface area (TPSA) is 65.0 Å². The van der Waals surface area contributed by atoms with Crippen molar-refractivity contribution in [2.45, 2.75) is 4.90 Å². The largest absolute Gasteiger partial charge is 0.457 e. The molecular formula is C25H17Br2NO4S. The number of para-hydroxylation sites is 1. The van der Waals surface area contributed by atoms with E-state index in [4.69, 9.17) is 8.92 Å². The van der Waals surface area contributed by atoms with Crippen molar-refractivity contribution in [3.8, 4) is 17.2 Å². The number of aliphatic imine (C=N–C) groups is 1. The summed E-state index contributed by atoms with van der Waals surface area (Å²) in [5.74, 6) is 1.58. The minimum absolute atomic E-state index is 0.0664. The van der Waals surface area contributed by atoms with Gasteiger partial charge < -0.3 is 8.92 Å². The van der Waals surface area contributed by atoms with Crippen LogP contribution in [0.25, 0.3) is 0 Å². The van der Waals surface area contributed by atoms with Crippen LogP contribution >= 0.6 is 31.9 Å². The molecule has 0 aliphatic carbocycles. The lowest BCUT2D eigenvalue weighted by Crippen LogP contribution is -2.11. The van der Waals surface area contributed by atoms with Crippen molar-refractivity contribution in [3.05, 3.63) is 112 Å². The van der Waals surface area contributed by atoms with Gasteiger partial charge in [-0.3, -0.25) is 4.99 Å². The Bertz CT molecular complexity index is 1380. The third-order valence-corrected chi connectivity index (χ3v) is 6.71. The highest BCUT2D eigenvalue weighted by molar-refractivity contribution is 9.11. The summed E-state index contributed by atoms with van der Waals surface area (Å²) < 4.78 is 38.0. The first-order valence-corrected chi connectivity index (χ1v) is 12.8. The molecule has 0 atom stereocenters. The first kappa shape index (κ1) is 23.2. The fourth-order valence-corrected chi connectivity index (χ4v) is 5.32. The van der Waals surface area contributed by atoms with Crippen LogP contribution in [0.1, 0.15) is 5.56 Å². The van der Waals surface area contributed by atoms with E-state index in [1.807, 2.05) is 54.6 Å². The Morgan fingerprint density at radius 2 is 1.36 bits per heavy atom. The molecule has 0 N–H and O–H groups in total. The highest BCUT2D eigenvalue weighted by Crippen LogP contribution is 2.34. The predicted octanol–water partition coefficient (Wildman–Crippen LogP) is 7.52. The van der Waals surface area contributed by atoms with Crippen molar-refractivity contribution < 1.29 is 17.3 Å². The Morgan fingerprint density at radius 1 is 0.758 bits per heavy atom. The highest BCUT2D eigenvalue weighted by Gasteiger charge is 2.20. The van der Waals surface area contributed by atoms with E-state index >= 15 is 0 Å². The maximum atomic E-state index is 12.7. The Labute approximate surface area is 209 Å². The fraction of sp³-hybridized carbons (Fsp3) is 0. The molecule has 5 nitrogen and oxygen atoms in total. The van der Waals surface area contributed by atoms with Gasteiger partial charge in [0.05, 0.1) is 10.2 Å². The van der Waals surface area contributed by atoms with Gasteiger partial charge in [-0.05, 0) is 76.6 Å². The fourth-order valence-electron chi connectivity index (χ4n) is 2.88. The van der Waals surface area contributed by atoms with E-state index in [1.165, 1.54) is 12.1 Å². The van der Waals surface area contributed by atoms with Crippen LogP contribution < -0.4 is 8.92 Å². The number of halogens is 2. The SMILES string of the molecule is O=S(=O)(Oc1c(Br)cc(Br)cc1C=Nc1ccc(Oc2ccccc2)cc1)c1ccccc1. The number of benzene rings is 4. The second kappa shape index (κ2) is 10.3. The third kappa shape index (κ3) is 6.10. The molecule has 0 aliphatic heterocycles. The average Bonchev–Trinajstić information content (AvgIpc) is 2.82. The summed E-state index contributed by atoms with van der Waals surface area (Å²) in [6, 6.07) is 28.2. The number of rotatable bonds is 7. The molecule has 166 valence electrons. The molecule has 4 rings (SSSR count). The smallest absolute Gasteiger partial charge is 0.339 e. The van der Waals surface area contributed by atoms with Crippen molar-refractivity contribution in [2.24, 2.45) is 4.99 Å². The monoisotopic (exact) mass is 585 g/mol. The average molecular weight is 587 g/mol. The first-order chi connectivity index (χ1) is 15.9. The van der Waals surface area contributed by atoms with Gasteiger partial charge in [0.2, 0.25) is 0 Å². The normalized spacial score (nSPS) is 11.5. The van der Waals surface area contributed by atoms with Crippen LogP contribution in [0.15, 0.2) is 116 Å². The van der Waals surface area contributed by atoms with Crippen molar-refractivity contribution in [2.75, 3.05) is 0 Å². The van der Waals surface area contributed by atoms with Crippen molar-refractivity contribution in [3.63, 3.8) is 0 Å². The Morgan fingerprint density at radius 3 is 2.03 bits per heavy atom. The molecule has 0 aromatic heterocycles. The summed E-state index contributed by atoms with van der Waals surface area (Å²) >= 11 is 6.82. The quantitative estimate of drug-likeness (QED) is 0.166. The van der Waals surface area contributed by atoms with Gasteiger partial charge in [-0.1, -0.05) is 52.3 Å². The lowest BCUT2D eigenvalue weighted by atomic mass is 10.2. The summed E-state index contributed by atoms with van der Waals surface area (Å²) in [5, 5.41) is 0. The van der Waals surface area contributed by atoms with Gasteiger partial charge in [0.15, 0.2) is 5.75 Å². The van der Waals surface area contributed by atoms with Gasteiger partial charge in [0, 0.05) is 16.3 Å². The van der Waals surface area contributed by atoms with E-state index in [1.54, 1.807) is 36.5 Å². The summed E-state index contributed by atoms with van der Waals surface area (Å²) in [6.45, 7) is 0. The molecule has 0 fully saturated rings. The van der Waals surface area contributed by atoms with E-state index in [2.05, 4.69) is 36.9 Å². The molecule has 0 bridgehead atoms. The third-order valence-electron chi connectivity index (χ3n) is 4.43. The second-order valence-corrected chi connectivity index (χ2v) is 10.1. The molecule has 4 aromatic carbocycles. The Hall–Kier alpha value is -2.94. The number of hydrogen-bond donors (Lipinski definition) is 0. The Balaban J connectivity index is 1.58. The number of hydrogen-bond acceptors (Lipinski definition) is 5. The molecule has 8 heteroatoms. The van der Waals surface area contributed by atoms with Gasteiger partial charge >= 0.3 is 10.1 Å². The van der Waals surface area contributed by atoms with Crippen LogP contribution in [0.3, 0.4) is 0 Å². The Kier molecular flexibility index (Phi) is 7.27. The summed E-state index contributed by atoms with van der Waals surface area (Å²) in [4.78, 5) is 4.54. The van der Waals surface area contributed by atoms with E-state index in [9.17, 15) is 8.42 Å². The standard InChI is InChI=1S/C25H17Br2NO4S/c26-19-15-18(25(24(27)16-19)32-33(29,30)23-9-5-2-6-10-23)17-28-20-11-13-22(14-12-20)31-21-7-3-1-4-8-21/h1-17H.